The van der Waals surface area contributed by atoms with Gasteiger partial charge in [0.25, 0.3) is 0 Å². The zero-order chi connectivity index (χ0) is 23.5. The number of nitrogens with zero attached hydrogens (tertiary/aromatic N) is 4. The lowest BCUT2D eigenvalue weighted by molar-refractivity contribution is 0.191. The van der Waals surface area contributed by atoms with Crippen molar-refractivity contribution in [2.24, 2.45) is 0 Å². The van der Waals surface area contributed by atoms with Crippen LogP contribution in [0.4, 0.5) is 10.5 Å². The summed E-state index contributed by atoms with van der Waals surface area (Å²) in [7, 11) is 1.66. The number of nitrogens with one attached hydrogen (secondary N) is 1. The number of aromatic nitrogens is 2. The van der Waals surface area contributed by atoms with Crippen molar-refractivity contribution >= 4 is 17.2 Å². The minimum absolute atomic E-state index is 0.0972. The Balaban J connectivity index is 1.44. The van der Waals surface area contributed by atoms with Gasteiger partial charge in [-0.25, -0.2) is 9.78 Å². The van der Waals surface area contributed by atoms with E-state index in [2.05, 4.69) is 21.9 Å². The maximum atomic E-state index is 13.0. The first-order chi connectivity index (χ1) is 16.7. The third-order valence-electron chi connectivity index (χ3n) is 6.28. The lowest BCUT2D eigenvalue weighted by Gasteiger charge is -2.32. The molecule has 4 aromatic rings. The Morgan fingerprint density at radius 2 is 2.00 bits per heavy atom. The molecule has 1 saturated heterocycles. The summed E-state index contributed by atoms with van der Waals surface area (Å²) in [5.41, 5.74) is 3.90. The second-order valence-electron chi connectivity index (χ2n) is 8.38. The molecule has 170 valence electrons. The predicted octanol–water partition coefficient (Wildman–Crippen LogP) is 5.29. The highest BCUT2D eigenvalue weighted by Crippen LogP contribution is 2.33. The maximum absolute atomic E-state index is 13.0. The van der Waals surface area contributed by atoms with Crippen molar-refractivity contribution in [3.05, 3.63) is 84.3 Å². The summed E-state index contributed by atoms with van der Waals surface area (Å²) in [6.07, 6.45) is 3.86. The van der Waals surface area contributed by atoms with E-state index in [1.54, 1.807) is 25.3 Å². The summed E-state index contributed by atoms with van der Waals surface area (Å²) in [6.45, 7) is 1.23. The molecule has 1 fully saturated rings. The van der Waals surface area contributed by atoms with Gasteiger partial charge in [-0.15, -0.1) is 0 Å². The minimum atomic E-state index is -0.193. The number of nitriles is 1. The van der Waals surface area contributed by atoms with Crippen molar-refractivity contribution in [2.45, 2.75) is 18.8 Å². The molecular formula is C27H25N5O2. The number of para-hydroxylation sites is 1. The number of anilines is 1. The van der Waals surface area contributed by atoms with Gasteiger partial charge in [0.1, 0.15) is 17.6 Å². The quantitative estimate of drug-likeness (QED) is 0.457. The highest BCUT2D eigenvalue weighted by atomic mass is 16.5. The van der Waals surface area contributed by atoms with Gasteiger partial charge in [-0.05, 0) is 49.2 Å². The number of amides is 2. The fraction of sp³-hybridized carbons (Fsp3) is 0.222. The average Bonchev–Trinajstić information content (AvgIpc) is 3.29. The number of methoxy groups -OCH3 is 1. The minimum Gasteiger partial charge on any atom is -0.497 e. The molecular weight excluding hydrogens is 426 g/mol. The van der Waals surface area contributed by atoms with Crippen LogP contribution in [0.25, 0.3) is 16.8 Å². The SMILES string of the molecule is COc1cccc(-c2nc(C3CCCN(C(=O)Nc4ccccc4C#N)C3)n3ccccc23)c1. The molecule has 1 N–H and O–H groups in total. The normalized spacial score (nSPS) is 15.6. The van der Waals surface area contributed by atoms with Crippen molar-refractivity contribution in [1.82, 2.24) is 14.3 Å². The van der Waals surface area contributed by atoms with Crippen LogP contribution in [0.2, 0.25) is 0 Å². The van der Waals surface area contributed by atoms with Gasteiger partial charge in [0.2, 0.25) is 0 Å². The van der Waals surface area contributed by atoms with Crippen LogP contribution in [0.1, 0.15) is 30.1 Å². The van der Waals surface area contributed by atoms with Gasteiger partial charge in [-0.2, -0.15) is 5.26 Å². The van der Waals surface area contributed by atoms with Gasteiger partial charge in [0.05, 0.1) is 29.6 Å². The average molecular weight is 452 g/mol. The number of pyridine rings is 1. The lowest BCUT2D eigenvalue weighted by atomic mass is 9.97. The van der Waals surface area contributed by atoms with Crippen LogP contribution in [-0.2, 0) is 0 Å². The molecule has 3 heterocycles. The second-order valence-corrected chi connectivity index (χ2v) is 8.38. The molecule has 0 aliphatic carbocycles. The van der Waals surface area contributed by atoms with Crippen LogP contribution in [-0.4, -0.2) is 40.5 Å². The Hall–Kier alpha value is -4.31. The van der Waals surface area contributed by atoms with Gasteiger partial charge in [0.15, 0.2) is 0 Å². The van der Waals surface area contributed by atoms with Crippen LogP contribution in [0.15, 0.2) is 72.9 Å². The Morgan fingerprint density at radius 3 is 2.85 bits per heavy atom. The first-order valence-electron chi connectivity index (χ1n) is 11.3. The van der Waals surface area contributed by atoms with Gasteiger partial charge in [-0.1, -0.05) is 30.3 Å². The Kier molecular flexibility index (Phi) is 5.88. The number of benzene rings is 2. The van der Waals surface area contributed by atoms with Crippen LogP contribution in [0.3, 0.4) is 0 Å². The number of hydrogen-bond donors (Lipinski definition) is 1. The number of carbonyl (C=O) groups is 1. The molecule has 5 rings (SSSR count). The molecule has 34 heavy (non-hydrogen) atoms. The van der Waals surface area contributed by atoms with E-state index in [0.717, 1.165) is 41.2 Å². The van der Waals surface area contributed by atoms with E-state index in [1.807, 2.05) is 53.6 Å². The number of ether oxygens (including phenoxy) is 1. The summed E-state index contributed by atoms with van der Waals surface area (Å²) in [6, 6.07) is 23.0. The molecule has 0 saturated carbocycles. The van der Waals surface area contributed by atoms with Gasteiger partial charge in [-0.3, -0.25) is 0 Å². The Bertz CT molecular complexity index is 1390. The molecule has 1 atom stereocenters. The fourth-order valence-electron chi connectivity index (χ4n) is 4.59. The monoisotopic (exact) mass is 451 g/mol. The topological polar surface area (TPSA) is 82.7 Å². The van der Waals surface area contributed by atoms with E-state index in [4.69, 9.17) is 9.72 Å². The summed E-state index contributed by atoms with van der Waals surface area (Å²) in [4.78, 5) is 19.9. The molecule has 0 spiro atoms. The number of piperidine rings is 1. The number of rotatable bonds is 4. The van der Waals surface area contributed by atoms with Gasteiger partial charge < -0.3 is 19.4 Å². The fourth-order valence-corrected chi connectivity index (χ4v) is 4.59. The Morgan fingerprint density at radius 1 is 1.15 bits per heavy atom. The molecule has 7 heteroatoms. The van der Waals surface area contributed by atoms with Crippen LogP contribution in [0, 0.1) is 11.3 Å². The van der Waals surface area contributed by atoms with E-state index in [-0.39, 0.29) is 11.9 Å². The van der Waals surface area contributed by atoms with Crippen molar-refractivity contribution < 1.29 is 9.53 Å². The number of likely N-dealkylation sites (tertiary alicyclic amines) is 1. The smallest absolute Gasteiger partial charge is 0.321 e. The summed E-state index contributed by atoms with van der Waals surface area (Å²) >= 11 is 0. The zero-order valence-electron chi connectivity index (χ0n) is 18.9. The molecule has 1 aliphatic rings. The van der Waals surface area contributed by atoms with Gasteiger partial charge >= 0.3 is 6.03 Å². The van der Waals surface area contributed by atoms with Crippen molar-refractivity contribution in [3.8, 4) is 23.1 Å². The molecule has 1 aliphatic heterocycles. The largest absolute Gasteiger partial charge is 0.497 e. The van der Waals surface area contributed by atoms with E-state index in [1.165, 1.54) is 0 Å². The standard InChI is InChI=1S/C27H25N5O2/c1-34-22-11-6-9-19(16-22)25-24-13-4-5-15-32(24)26(30-25)21-10-7-14-31(18-21)27(33)29-23-12-3-2-8-20(23)17-28/h2-6,8-9,11-13,15-16,21H,7,10,14,18H2,1H3,(H,29,33). The van der Waals surface area contributed by atoms with E-state index in [9.17, 15) is 10.1 Å². The number of urea groups is 1. The molecule has 2 amide bonds. The van der Waals surface area contributed by atoms with Crippen LogP contribution < -0.4 is 10.1 Å². The molecule has 1 unspecified atom stereocenters. The van der Waals surface area contributed by atoms with Crippen molar-refractivity contribution in [1.29, 1.82) is 5.26 Å². The molecule has 2 aromatic carbocycles. The molecule has 7 nitrogen and oxygen atoms in total. The third kappa shape index (κ3) is 4.06. The van der Waals surface area contributed by atoms with Gasteiger partial charge in [0, 0.05) is 30.8 Å². The number of fused-ring (bicyclic) bond motifs is 1. The summed E-state index contributed by atoms with van der Waals surface area (Å²) in [5.74, 6) is 1.83. The number of carbonyl (C=O) groups excluding carboxylic acids is 1. The maximum Gasteiger partial charge on any atom is 0.321 e. The zero-order valence-corrected chi connectivity index (χ0v) is 18.9. The first-order valence-corrected chi connectivity index (χ1v) is 11.3. The van der Waals surface area contributed by atoms with Crippen LogP contribution in [0.5, 0.6) is 5.75 Å². The summed E-state index contributed by atoms with van der Waals surface area (Å²) in [5, 5.41) is 12.2. The highest BCUT2D eigenvalue weighted by Gasteiger charge is 2.29. The molecule has 0 bridgehead atoms. The van der Waals surface area contributed by atoms with Crippen molar-refractivity contribution in [2.75, 3.05) is 25.5 Å². The molecule has 0 radical (unpaired) electrons. The van der Waals surface area contributed by atoms with E-state index < -0.39 is 0 Å². The predicted molar refractivity (Wildman–Crippen MR) is 131 cm³/mol. The second kappa shape index (κ2) is 9.28. The number of imidazole rings is 1. The van der Waals surface area contributed by atoms with E-state index >= 15 is 0 Å². The first kappa shape index (κ1) is 21.5. The van der Waals surface area contributed by atoms with Crippen molar-refractivity contribution in [3.63, 3.8) is 0 Å². The summed E-state index contributed by atoms with van der Waals surface area (Å²) < 4.78 is 7.54. The molecule has 2 aromatic heterocycles. The Labute approximate surface area is 198 Å². The van der Waals surface area contributed by atoms with E-state index in [0.29, 0.717) is 24.3 Å². The number of hydrogen-bond acceptors (Lipinski definition) is 4. The third-order valence-corrected chi connectivity index (χ3v) is 6.28. The highest BCUT2D eigenvalue weighted by molar-refractivity contribution is 5.91. The lowest BCUT2D eigenvalue weighted by Crippen LogP contribution is -2.42. The van der Waals surface area contributed by atoms with Crippen LogP contribution >= 0.6 is 0 Å².